The average Bonchev–Trinajstić information content (AvgIpc) is 2.39. The van der Waals surface area contributed by atoms with Crippen LogP contribution < -0.4 is 5.32 Å². The number of nitrogens with one attached hydrogen (secondary N) is 1. The summed E-state index contributed by atoms with van der Waals surface area (Å²) in [5.41, 5.74) is 0. The van der Waals surface area contributed by atoms with E-state index in [0.29, 0.717) is 0 Å². The number of hydrogen-bond donors (Lipinski definition) is 1. The Hall–Kier alpha value is -0.0800. The van der Waals surface area contributed by atoms with Crippen LogP contribution in [0, 0.1) is 5.92 Å². The highest BCUT2D eigenvalue weighted by Gasteiger charge is 2.28. The highest BCUT2D eigenvalue weighted by Crippen LogP contribution is 2.24. The normalized spacial score (nSPS) is 31.5. The lowest BCUT2D eigenvalue weighted by Gasteiger charge is -2.42. The highest BCUT2D eigenvalue weighted by atomic mass is 15.2. The number of piperazine rings is 1. The van der Waals surface area contributed by atoms with Crippen molar-refractivity contribution >= 4 is 0 Å². The lowest BCUT2D eigenvalue weighted by atomic mass is 9.91. The monoisotopic (exact) mass is 224 g/mol. The van der Waals surface area contributed by atoms with Crippen molar-refractivity contribution in [2.24, 2.45) is 5.92 Å². The molecule has 0 amide bonds. The minimum atomic E-state index is 0.737. The van der Waals surface area contributed by atoms with Crippen LogP contribution in [0.25, 0.3) is 0 Å². The van der Waals surface area contributed by atoms with E-state index in [4.69, 9.17) is 0 Å². The van der Waals surface area contributed by atoms with Gasteiger partial charge in [0.1, 0.15) is 0 Å². The molecule has 1 saturated carbocycles. The number of hydrogen-bond acceptors (Lipinski definition) is 2. The number of rotatable bonds is 3. The van der Waals surface area contributed by atoms with E-state index in [2.05, 4.69) is 24.1 Å². The summed E-state index contributed by atoms with van der Waals surface area (Å²) in [6, 6.07) is 1.64. The molecule has 1 heterocycles. The van der Waals surface area contributed by atoms with Gasteiger partial charge in [-0.3, -0.25) is 4.90 Å². The molecular weight excluding hydrogens is 196 g/mol. The van der Waals surface area contributed by atoms with E-state index >= 15 is 0 Å². The Morgan fingerprint density at radius 2 is 2.00 bits per heavy atom. The van der Waals surface area contributed by atoms with E-state index in [1.807, 2.05) is 0 Å². The highest BCUT2D eigenvalue weighted by molar-refractivity contribution is 4.86. The molecule has 2 aliphatic rings. The average molecular weight is 224 g/mol. The van der Waals surface area contributed by atoms with Crippen molar-refractivity contribution in [1.82, 2.24) is 10.2 Å². The van der Waals surface area contributed by atoms with Crippen molar-refractivity contribution in [2.45, 2.75) is 64.5 Å². The zero-order valence-corrected chi connectivity index (χ0v) is 11.0. The SMILES string of the molecule is CCC(C)C1CN(C2CCCCC2)CCN1. The maximum absolute atomic E-state index is 3.70. The molecule has 2 heteroatoms. The first-order chi connectivity index (χ1) is 7.81. The smallest absolute Gasteiger partial charge is 0.0221 e. The summed E-state index contributed by atoms with van der Waals surface area (Å²) in [4.78, 5) is 2.77. The number of nitrogens with zero attached hydrogens (tertiary/aromatic N) is 1. The standard InChI is InChI=1S/C14H28N2/c1-3-12(2)14-11-16(10-9-15-14)13-7-5-4-6-8-13/h12-15H,3-11H2,1-2H3. The molecule has 0 radical (unpaired) electrons. The molecule has 0 aromatic rings. The van der Waals surface area contributed by atoms with Gasteiger partial charge in [0.2, 0.25) is 0 Å². The van der Waals surface area contributed by atoms with Gasteiger partial charge in [0, 0.05) is 31.7 Å². The molecule has 0 aromatic carbocycles. The van der Waals surface area contributed by atoms with Crippen LogP contribution in [0.1, 0.15) is 52.4 Å². The van der Waals surface area contributed by atoms with Gasteiger partial charge in [-0.05, 0) is 18.8 Å². The topological polar surface area (TPSA) is 15.3 Å². The molecule has 16 heavy (non-hydrogen) atoms. The van der Waals surface area contributed by atoms with Crippen LogP contribution in [-0.2, 0) is 0 Å². The van der Waals surface area contributed by atoms with Crippen molar-refractivity contribution in [2.75, 3.05) is 19.6 Å². The molecule has 1 saturated heterocycles. The summed E-state index contributed by atoms with van der Waals surface area (Å²) >= 11 is 0. The molecule has 2 nitrogen and oxygen atoms in total. The maximum Gasteiger partial charge on any atom is 0.0221 e. The van der Waals surface area contributed by atoms with Crippen LogP contribution in [0.15, 0.2) is 0 Å². The third-order valence-corrected chi connectivity index (χ3v) is 4.66. The van der Waals surface area contributed by atoms with E-state index in [9.17, 15) is 0 Å². The van der Waals surface area contributed by atoms with Gasteiger partial charge in [0.15, 0.2) is 0 Å². The van der Waals surface area contributed by atoms with Gasteiger partial charge in [0.25, 0.3) is 0 Å². The Kier molecular flexibility index (Phi) is 4.66. The molecule has 0 spiro atoms. The van der Waals surface area contributed by atoms with Crippen molar-refractivity contribution < 1.29 is 0 Å². The second kappa shape index (κ2) is 6.02. The lowest BCUT2D eigenvalue weighted by Crippen LogP contribution is -2.56. The molecule has 0 bridgehead atoms. The molecule has 2 unspecified atom stereocenters. The summed E-state index contributed by atoms with van der Waals surface area (Å²) in [5, 5.41) is 3.70. The van der Waals surface area contributed by atoms with Gasteiger partial charge < -0.3 is 5.32 Å². The summed E-state index contributed by atoms with van der Waals surface area (Å²) in [7, 11) is 0. The molecule has 2 atom stereocenters. The predicted octanol–water partition coefficient (Wildman–Crippen LogP) is 2.64. The van der Waals surface area contributed by atoms with E-state index in [0.717, 1.165) is 18.0 Å². The van der Waals surface area contributed by atoms with Crippen LogP contribution in [0.2, 0.25) is 0 Å². The fraction of sp³-hybridized carbons (Fsp3) is 1.00. The van der Waals surface area contributed by atoms with Crippen molar-refractivity contribution in [3.8, 4) is 0 Å². The molecule has 2 fully saturated rings. The minimum absolute atomic E-state index is 0.737. The van der Waals surface area contributed by atoms with Crippen LogP contribution >= 0.6 is 0 Å². The van der Waals surface area contributed by atoms with E-state index in [1.54, 1.807) is 0 Å². The van der Waals surface area contributed by atoms with Crippen LogP contribution in [0.4, 0.5) is 0 Å². The van der Waals surface area contributed by atoms with Crippen molar-refractivity contribution in [1.29, 1.82) is 0 Å². The van der Waals surface area contributed by atoms with Gasteiger partial charge >= 0.3 is 0 Å². The Morgan fingerprint density at radius 1 is 1.25 bits per heavy atom. The zero-order valence-electron chi connectivity index (χ0n) is 11.0. The first-order valence-corrected chi connectivity index (χ1v) is 7.28. The van der Waals surface area contributed by atoms with Crippen molar-refractivity contribution in [3.05, 3.63) is 0 Å². The molecule has 1 aliphatic carbocycles. The zero-order chi connectivity index (χ0) is 11.4. The van der Waals surface area contributed by atoms with Crippen LogP contribution in [0.5, 0.6) is 0 Å². The summed E-state index contributed by atoms with van der Waals surface area (Å²) in [6.45, 7) is 8.47. The second-order valence-electron chi connectivity index (χ2n) is 5.73. The van der Waals surface area contributed by atoms with E-state index < -0.39 is 0 Å². The molecule has 1 aliphatic heterocycles. The lowest BCUT2D eigenvalue weighted by molar-refractivity contribution is 0.0994. The molecule has 94 valence electrons. The largest absolute Gasteiger partial charge is 0.311 e. The Labute approximate surface area is 101 Å². The molecule has 0 aromatic heterocycles. The van der Waals surface area contributed by atoms with Crippen LogP contribution in [0.3, 0.4) is 0 Å². The van der Waals surface area contributed by atoms with Gasteiger partial charge in [-0.15, -0.1) is 0 Å². The molecule has 1 N–H and O–H groups in total. The van der Waals surface area contributed by atoms with Gasteiger partial charge in [-0.25, -0.2) is 0 Å². The minimum Gasteiger partial charge on any atom is -0.311 e. The van der Waals surface area contributed by atoms with Crippen molar-refractivity contribution in [3.63, 3.8) is 0 Å². The summed E-state index contributed by atoms with van der Waals surface area (Å²) in [5.74, 6) is 0.825. The molecule has 2 rings (SSSR count). The second-order valence-corrected chi connectivity index (χ2v) is 5.73. The Bertz CT molecular complexity index is 199. The van der Waals surface area contributed by atoms with Gasteiger partial charge in [-0.2, -0.15) is 0 Å². The van der Waals surface area contributed by atoms with E-state index in [1.165, 1.54) is 58.2 Å². The third kappa shape index (κ3) is 2.98. The fourth-order valence-electron chi connectivity index (χ4n) is 3.25. The maximum atomic E-state index is 3.70. The Morgan fingerprint density at radius 3 is 2.69 bits per heavy atom. The molecular formula is C14H28N2. The van der Waals surface area contributed by atoms with Crippen LogP contribution in [-0.4, -0.2) is 36.6 Å². The van der Waals surface area contributed by atoms with Gasteiger partial charge in [0.05, 0.1) is 0 Å². The Balaban J connectivity index is 1.85. The first kappa shape index (κ1) is 12.4. The quantitative estimate of drug-likeness (QED) is 0.793. The third-order valence-electron chi connectivity index (χ3n) is 4.66. The fourth-order valence-corrected chi connectivity index (χ4v) is 3.25. The van der Waals surface area contributed by atoms with Gasteiger partial charge in [-0.1, -0.05) is 39.5 Å². The summed E-state index contributed by atoms with van der Waals surface area (Å²) < 4.78 is 0. The van der Waals surface area contributed by atoms with E-state index in [-0.39, 0.29) is 0 Å². The first-order valence-electron chi connectivity index (χ1n) is 7.28. The summed E-state index contributed by atoms with van der Waals surface area (Å²) in [6.07, 6.45) is 8.60. The predicted molar refractivity (Wildman–Crippen MR) is 69.7 cm³/mol.